The number of nitrogens with zero attached hydrogens (tertiary/aromatic N) is 5. The van der Waals surface area contributed by atoms with E-state index in [1.807, 2.05) is 30.3 Å². The average molecular weight is 493 g/mol. The van der Waals surface area contributed by atoms with E-state index in [2.05, 4.69) is 16.2 Å². The molecule has 1 fully saturated rings. The first kappa shape index (κ1) is 24.6. The molecule has 4 rings (SSSR count). The molecule has 1 amide bonds. The van der Waals surface area contributed by atoms with Crippen LogP contribution in [0.4, 0.5) is 0 Å². The highest BCUT2D eigenvalue weighted by Gasteiger charge is 2.29. The average Bonchev–Trinajstić information content (AvgIpc) is 3.28. The monoisotopic (exact) mass is 492 g/mol. The second kappa shape index (κ2) is 10.8. The van der Waals surface area contributed by atoms with E-state index in [9.17, 15) is 13.2 Å². The minimum Gasteiger partial charge on any atom is -0.332 e. The fraction of sp³-hybridized carbons (Fsp3) is 0.360. The lowest BCUT2D eigenvalue weighted by Crippen LogP contribution is -2.42. The second-order valence-electron chi connectivity index (χ2n) is 8.66. The number of nitrogens with two attached hydrogens (primary N) is 1. The Morgan fingerprint density at radius 1 is 1.09 bits per heavy atom. The van der Waals surface area contributed by atoms with Crippen LogP contribution in [0.1, 0.15) is 60.5 Å². The zero-order valence-electron chi connectivity index (χ0n) is 19.4. The molecule has 0 atom stereocenters. The number of rotatable bonds is 8. The molecule has 0 unspecified atom stereocenters. The van der Waals surface area contributed by atoms with Crippen LogP contribution < -0.4 is 5.14 Å². The summed E-state index contributed by atoms with van der Waals surface area (Å²) >= 11 is 0. The lowest BCUT2D eigenvalue weighted by atomic mass is 9.94. The minimum atomic E-state index is -3.83. The van der Waals surface area contributed by atoms with E-state index in [-0.39, 0.29) is 29.1 Å². The molecule has 1 aromatic heterocycles. The summed E-state index contributed by atoms with van der Waals surface area (Å²) in [5.74, 6) is 0.322. The molecule has 2 aromatic carbocycles. The van der Waals surface area contributed by atoms with Gasteiger partial charge in [0, 0.05) is 19.0 Å². The lowest BCUT2D eigenvalue weighted by molar-refractivity contribution is 0.0627. The Balaban J connectivity index is 1.71. The van der Waals surface area contributed by atoms with Crippen LogP contribution >= 0.6 is 0 Å². The van der Waals surface area contributed by atoms with Crippen LogP contribution in [0, 0.1) is 11.3 Å². The topological polar surface area (TPSA) is 135 Å². The molecule has 35 heavy (non-hydrogen) atoms. The molecule has 2 N–H and O–H groups in total. The molecule has 10 heteroatoms. The van der Waals surface area contributed by atoms with Crippen LogP contribution in [0.2, 0.25) is 0 Å². The molecule has 3 aromatic rings. The van der Waals surface area contributed by atoms with Gasteiger partial charge in [-0.25, -0.2) is 23.2 Å². The molecule has 0 spiro atoms. The van der Waals surface area contributed by atoms with Crippen molar-refractivity contribution in [2.45, 2.75) is 55.9 Å². The van der Waals surface area contributed by atoms with Gasteiger partial charge in [-0.15, -0.1) is 5.10 Å². The molecule has 1 aliphatic rings. The first-order chi connectivity index (χ1) is 16.9. The van der Waals surface area contributed by atoms with E-state index in [0.29, 0.717) is 24.5 Å². The predicted octanol–water partition coefficient (Wildman–Crippen LogP) is 3.19. The van der Waals surface area contributed by atoms with Gasteiger partial charge in [0.2, 0.25) is 15.8 Å². The maximum atomic E-state index is 13.6. The van der Waals surface area contributed by atoms with Crippen molar-refractivity contribution >= 4 is 15.9 Å². The maximum absolute atomic E-state index is 13.6. The first-order valence-electron chi connectivity index (χ1n) is 11.7. The molecule has 1 aliphatic carbocycles. The van der Waals surface area contributed by atoms with Crippen molar-refractivity contribution in [3.8, 4) is 11.8 Å². The molecule has 0 bridgehead atoms. The van der Waals surface area contributed by atoms with Gasteiger partial charge in [0.15, 0.2) is 0 Å². The Labute approximate surface area is 205 Å². The number of hydrogen-bond acceptors (Lipinski definition) is 6. The largest absolute Gasteiger partial charge is 0.332 e. The van der Waals surface area contributed by atoms with Crippen molar-refractivity contribution < 1.29 is 13.2 Å². The normalized spacial score (nSPS) is 14.4. The van der Waals surface area contributed by atoms with Gasteiger partial charge in [-0.05, 0) is 42.7 Å². The zero-order valence-corrected chi connectivity index (χ0v) is 20.2. The lowest BCUT2D eigenvalue weighted by Gasteiger charge is -2.33. The Kier molecular flexibility index (Phi) is 7.58. The van der Waals surface area contributed by atoms with Gasteiger partial charge in [-0.3, -0.25) is 4.79 Å². The number of carbonyl (C=O) groups is 1. The number of aromatic nitrogens is 3. The van der Waals surface area contributed by atoms with Gasteiger partial charge < -0.3 is 4.90 Å². The van der Waals surface area contributed by atoms with E-state index in [1.54, 1.807) is 21.7 Å². The van der Waals surface area contributed by atoms with E-state index in [4.69, 9.17) is 10.4 Å². The third-order valence-electron chi connectivity index (χ3n) is 6.22. The summed E-state index contributed by atoms with van der Waals surface area (Å²) in [6.07, 6.45) is 5.75. The fourth-order valence-corrected chi connectivity index (χ4v) is 4.97. The van der Waals surface area contributed by atoms with Crippen molar-refractivity contribution in [3.05, 3.63) is 71.8 Å². The molecular weight excluding hydrogens is 464 g/mol. The van der Waals surface area contributed by atoms with E-state index < -0.39 is 10.0 Å². The molecule has 182 valence electrons. The summed E-state index contributed by atoms with van der Waals surface area (Å²) in [6.45, 7) is 0.339. The minimum absolute atomic E-state index is 0.0118. The van der Waals surface area contributed by atoms with Crippen LogP contribution in [0.25, 0.3) is 5.69 Å². The van der Waals surface area contributed by atoms with Gasteiger partial charge in [-0.1, -0.05) is 49.6 Å². The Bertz CT molecular complexity index is 1310. The first-order valence-corrected chi connectivity index (χ1v) is 13.2. The summed E-state index contributed by atoms with van der Waals surface area (Å²) in [5, 5.41) is 18.9. The maximum Gasteiger partial charge on any atom is 0.293 e. The van der Waals surface area contributed by atoms with Gasteiger partial charge >= 0.3 is 0 Å². The summed E-state index contributed by atoms with van der Waals surface area (Å²) in [6, 6.07) is 17.9. The molecule has 1 saturated carbocycles. The quantitative estimate of drug-likeness (QED) is 0.513. The number of amides is 1. The third kappa shape index (κ3) is 5.93. The number of primary sulfonamides is 1. The smallest absolute Gasteiger partial charge is 0.293 e. The van der Waals surface area contributed by atoms with Gasteiger partial charge in [0.1, 0.15) is 5.82 Å². The van der Waals surface area contributed by atoms with Crippen LogP contribution in [0.3, 0.4) is 0 Å². The second-order valence-corrected chi connectivity index (χ2v) is 10.2. The van der Waals surface area contributed by atoms with Crippen LogP contribution in [-0.2, 0) is 16.4 Å². The van der Waals surface area contributed by atoms with Crippen LogP contribution in [0.5, 0.6) is 0 Å². The van der Waals surface area contributed by atoms with Gasteiger partial charge in [-0.2, -0.15) is 5.26 Å². The molecule has 0 saturated heterocycles. The molecule has 9 nitrogen and oxygen atoms in total. The van der Waals surface area contributed by atoms with Crippen LogP contribution in [-0.4, -0.2) is 46.6 Å². The van der Waals surface area contributed by atoms with Gasteiger partial charge in [0.25, 0.3) is 5.91 Å². The molecule has 1 heterocycles. The summed E-state index contributed by atoms with van der Waals surface area (Å²) in [4.78, 5) is 19.9. The summed E-state index contributed by atoms with van der Waals surface area (Å²) in [7, 11) is -3.83. The summed E-state index contributed by atoms with van der Waals surface area (Å²) in [5.41, 5.74) is 1.56. The highest BCUT2D eigenvalue weighted by Crippen LogP contribution is 2.24. The Hall–Kier alpha value is -3.55. The standard InChI is InChI=1S/C25H28N6O3S/c26-16-7-17-30(20-10-5-2-6-11-20)25(32)24-28-23(18-19-8-3-1-4-9-19)31(29-24)21-12-14-22(15-13-21)35(27,33)34/h1,3-4,8-9,12-15,20H,2,5-7,10-11,17-18H2,(H2,27,33,34). The van der Waals surface area contributed by atoms with E-state index >= 15 is 0 Å². The zero-order chi connectivity index (χ0) is 24.8. The highest BCUT2D eigenvalue weighted by atomic mass is 32.2. The highest BCUT2D eigenvalue weighted by molar-refractivity contribution is 7.89. The summed E-state index contributed by atoms with van der Waals surface area (Å²) < 4.78 is 24.9. The van der Waals surface area contributed by atoms with Crippen molar-refractivity contribution in [3.63, 3.8) is 0 Å². The Morgan fingerprint density at radius 3 is 2.40 bits per heavy atom. The van der Waals surface area contributed by atoms with Crippen molar-refractivity contribution in [2.24, 2.45) is 5.14 Å². The van der Waals surface area contributed by atoms with Crippen molar-refractivity contribution in [1.29, 1.82) is 5.26 Å². The number of hydrogen-bond donors (Lipinski definition) is 1. The molecule has 0 radical (unpaired) electrons. The van der Waals surface area contributed by atoms with E-state index in [0.717, 1.165) is 37.7 Å². The van der Waals surface area contributed by atoms with E-state index in [1.165, 1.54) is 12.1 Å². The number of sulfonamides is 1. The molecule has 0 aliphatic heterocycles. The van der Waals surface area contributed by atoms with Crippen molar-refractivity contribution in [1.82, 2.24) is 19.7 Å². The Morgan fingerprint density at radius 2 is 1.77 bits per heavy atom. The van der Waals surface area contributed by atoms with Crippen molar-refractivity contribution in [2.75, 3.05) is 6.54 Å². The third-order valence-corrected chi connectivity index (χ3v) is 7.15. The molecular formula is C25H28N6O3S. The SMILES string of the molecule is N#CCCN(C(=O)c1nc(Cc2ccccc2)n(-c2ccc(S(N)(=O)=O)cc2)n1)C1CCCCC1. The predicted molar refractivity (Wildman–Crippen MR) is 130 cm³/mol. The van der Waals surface area contributed by atoms with Crippen LogP contribution in [0.15, 0.2) is 59.5 Å². The van der Waals surface area contributed by atoms with Gasteiger partial charge in [0.05, 0.1) is 23.1 Å². The number of carbonyl (C=O) groups excluding carboxylic acids is 1. The fourth-order valence-electron chi connectivity index (χ4n) is 4.45. The number of benzene rings is 2. The number of nitriles is 1.